The van der Waals surface area contributed by atoms with Crippen molar-refractivity contribution in [2.45, 2.75) is 6.54 Å². The van der Waals surface area contributed by atoms with E-state index in [1.807, 2.05) is 47.3 Å². The minimum Gasteiger partial charge on any atom is -0.331 e. The molecule has 122 valence electrons. The number of nitrogens with one attached hydrogen (secondary N) is 2. The van der Waals surface area contributed by atoms with Crippen LogP contribution in [0.2, 0.25) is 5.02 Å². The Morgan fingerprint density at radius 3 is 2.67 bits per heavy atom. The van der Waals surface area contributed by atoms with Gasteiger partial charge in [0.25, 0.3) is 0 Å². The molecular weight excluding hydrogens is 408 g/mol. The molecule has 3 rings (SSSR count). The molecule has 0 aliphatic carbocycles. The summed E-state index contributed by atoms with van der Waals surface area (Å²) < 4.78 is 2.77. The zero-order valence-corrected chi connectivity index (χ0v) is 15.7. The average molecular weight is 422 g/mol. The summed E-state index contributed by atoms with van der Waals surface area (Å²) in [6, 6.07) is 17.6. The Bertz CT molecular complexity index is 851. The van der Waals surface area contributed by atoms with E-state index in [1.54, 1.807) is 6.07 Å². The molecule has 1 aromatic heterocycles. The van der Waals surface area contributed by atoms with E-state index in [0.29, 0.717) is 22.5 Å². The van der Waals surface area contributed by atoms with Crippen molar-refractivity contribution >= 4 is 56.4 Å². The zero-order valence-electron chi connectivity index (χ0n) is 12.5. The highest BCUT2D eigenvalue weighted by Crippen LogP contribution is 2.25. The molecule has 7 heteroatoms. The Balaban J connectivity index is 1.61. The molecule has 2 N–H and O–H groups in total. The second-order valence-electron chi connectivity index (χ2n) is 5.09. The number of rotatable bonds is 4. The van der Waals surface area contributed by atoms with Crippen LogP contribution in [0.5, 0.6) is 0 Å². The summed E-state index contributed by atoms with van der Waals surface area (Å²) in [4.78, 5) is 0. The van der Waals surface area contributed by atoms with Crippen LogP contribution in [0.25, 0.3) is 0 Å². The molecule has 0 atom stereocenters. The van der Waals surface area contributed by atoms with Crippen LogP contribution in [-0.4, -0.2) is 14.9 Å². The van der Waals surface area contributed by atoms with E-state index < -0.39 is 0 Å². The molecule has 1 heterocycles. The van der Waals surface area contributed by atoms with E-state index in [9.17, 15) is 0 Å². The van der Waals surface area contributed by atoms with Crippen molar-refractivity contribution in [1.29, 1.82) is 0 Å². The van der Waals surface area contributed by atoms with Gasteiger partial charge in [-0.25, -0.2) is 0 Å². The minimum absolute atomic E-state index is 0.434. The molecule has 4 nitrogen and oxygen atoms in total. The second kappa shape index (κ2) is 7.79. The van der Waals surface area contributed by atoms with Gasteiger partial charge in [0.15, 0.2) is 10.9 Å². The van der Waals surface area contributed by atoms with Crippen LogP contribution >= 0.6 is 39.7 Å². The van der Waals surface area contributed by atoms with Gasteiger partial charge in [0.2, 0.25) is 0 Å². The van der Waals surface area contributed by atoms with Gasteiger partial charge in [0.1, 0.15) is 0 Å². The number of anilines is 2. The van der Waals surface area contributed by atoms with E-state index in [1.165, 1.54) is 5.56 Å². The van der Waals surface area contributed by atoms with Gasteiger partial charge in [0, 0.05) is 16.7 Å². The number of nitrogens with zero attached hydrogens (tertiary/aromatic N) is 2. The highest BCUT2D eigenvalue weighted by Gasteiger charge is 2.06. The average Bonchev–Trinajstić information content (AvgIpc) is 2.98. The predicted octanol–water partition coefficient (Wildman–Crippen LogP) is 5.16. The molecule has 0 saturated carbocycles. The van der Waals surface area contributed by atoms with E-state index in [2.05, 4.69) is 43.8 Å². The monoisotopic (exact) mass is 420 g/mol. The highest BCUT2D eigenvalue weighted by atomic mass is 79.9. The molecule has 0 radical (unpaired) electrons. The van der Waals surface area contributed by atoms with Crippen LogP contribution in [-0.2, 0) is 6.54 Å². The van der Waals surface area contributed by atoms with Crippen LogP contribution in [0.1, 0.15) is 5.56 Å². The van der Waals surface area contributed by atoms with Gasteiger partial charge in [-0.1, -0.05) is 57.9 Å². The van der Waals surface area contributed by atoms with Gasteiger partial charge in [-0.05, 0) is 36.0 Å². The molecule has 0 unspecified atom stereocenters. The third kappa shape index (κ3) is 4.56. The van der Waals surface area contributed by atoms with Crippen molar-refractivity contribution in [3.8, 4) is 0 Å². The largest absolute Gasteiger partial charge is 0.331 e. The number of benzene rings is 2. The summed E-state index contributed by atoms with van der Waals surface area (Å²) in [5, 5.41) is 11.6. The van der Waals surface area contributed by atoms with Gasteiger partial charge in [-0.15, -0.1) is 0 Å². The summed E-state index contributed by atoms with van der Waals surface area (Å²) in [6.07, 6.45) is 1.91. The van der Waals surface area contributed by atoms with Gasteiger partial charge in [-0.3, -0.25) is 4.68 Å². The Labute approximate surface area is 159 Å². The van der Waals surface area contributed by atoms with Gasteiger partial charge in [0.05, 0.1) is 17.3 Å². The highest BCUT2D eigenvalue weighted by molar-refractivity contribution is 9.10. The van der Waals surface area contributed by atoms with Crippen LogP contribution < -0.4 is 10.6 Å². The third-order valence-corrected chi connectivity index (χ3v) is 4.26. The van der Waals surface area contributed by atoms with Crippen molar-refractivity contribution in [1.82, 2.24) is 9.78 Å². The van der Waals surface area contributed by atoms with Crippen LogP contribution in [0.4, 0.5) is 11.5 Å². The van der Waals surface area contributed by atoms with Crippen molar-refractivity contribution < 1.29 is 0 Å². The SMILES string of the molecule is S=C(Nc1ccn(Cc2ccccc2)n1)Nc1ccc(Br)cc1Cl. The summed E-state index contributed by atoms with van der Waals surface area (Å²) in [5.74, 6) is 0.677. The summed E-state index contributed by atoms with van der Waals surface area (Å²) in [6.45, 7) is 0.710. The molecule has 0 spiro atoms. The molecule has 24 heavy (non-hydrogen) atoms. The molecule has 0 bridgehead atoms. The molecule has 0 fully saturated rings. The summed E-state index contributed by atoms with van der Waals surface area (Å²) >= 11 is 14.9. The standard InChI is InChI=1S/C17H14BrClN4S/c18-13-6-7-15(14(19)10-13)20-17(24)21-16-8-9-23(22-16)11-12-4-2-1-3-5-12/h1-10H,11H2,(H2,20,21,22,24). The zero-order chi connectivity index (χ0) is 16.9. The predicted molar refractivity (Wildman–Crippen MR) is 107 cm³/mol. The summed E-state index contributed by atoms with van der Waals surface area (Å²) in [5.41, 5.74) is 1.93. The summed E-state index contributed by atoms with van der Waals surface area (Å²) in [7, 11) is 0. The normalized spacial score (nSPS) is 10.4. The molecule has 0 amide bonds. The van der Waals surface area contributed by atoms with Crippen molar-refractivity contribution in [2.75, 3.05) is 10.6 Å². The van der Waals surface area contributed by atoms with Crippen molar-refractivity contribution in [2.24, 2.45) is 0 Å². The van der Waals surface area contributed by atoms with Crippen LogP contribution in [0.3, 0.4) is 0 Å². The fraction of sp³-hybridized carbons (Fsp3) is 0.0588. The maximum atomic E-state index is 6.17. The number of thiocarbonyl (C=S) groups is 1. The molecule has 2 aromatic carbocycles. The Kier molecular flexibility index (Phi) is 5.50. The number of hydrogen-bond acceptors (Lipinski definition) is 2. The van der Waals surface area contributed by atoms with Gasteiger partial charge in [-0.2, -0.15) is 5.10 Å². The molecule has 0 aliphatic rings. The maximum Gasteiger partial charge on any atom is 0.176 e. The van der Waals surface area contributed by atoms with Gasteiger partial charge >= 0.3 is 0 Å². The van der Waals surface area contributed by atoms with Crippen molar-refractivity contribution in [3.63, 3.8) is 0 Å². The first-order chi connectivity index (χ1) is 11.6. The first-order valence-corrected chi connectivity index (χ1v) is 8.78. The number of hydrogen-bond donors (Lipinski definition) is 2. The van der Waals surface area contributed by atoms with Gasteiger partial charge < -0.3 is 10.6 Å². The molecular formula is C17H14BrClN4S. The minimum atomic E-state index is 0.434. The third-order valence-electron chi connectivity index (χ3n) is 3.25. The Hall–Kier alpha value is -1.89. The first kappa shape index (κ1) is 17.0. The lowest BCUT2D eigenvalue weighted by atomic mass is 10.2. The fourth-order valence-electron chi connectivity index (χ4n) is 2.15. The maximum absolute atomic E-state index is 6.17. The lowest BCUT2D eigenvalue weighted by Crippen LogP contribution is -2.19. The van der Waals surface area contributed by atoms with Crippen molar-refractivity contribution in [3.05, 3.63) is 75.9 Å². The lowest BCUT2D eigenvalue weighted by molar-refractivity contribution is 0.690. The van der Waals surface area contributed by atoms with Crippen LogP contribution in [0.15, 0.2) is 65.3 Å². The fourth-order valence-corrected chi connectivity index (χ4v) is 3.08. The smallest absolute Gasteiger partial charge is 0.176 e. The van der Waals surface area contributed by atoms with E-state index in [0.717, 1.165) is 10.2 Å². The quantitative estimate of drug-likeness (QED) is 0.571. The van der Waals surface area contributed by atoms with E-state index in [4.69, 9.17) is 23.8 Å². The Morgan fingerprint density at radius 1 is 1.12 bits per heavy atom. The topological polar surface area (TPSA) is 41.9 Å². The van der Waals surface area contributed by atoms with Crippen LogP contribution in [0, 0.1) is 0 Å². The first-order valence-electron chi connectivity index (χ1n) is 7.20. The second-order valence-corrected chi connectivity index (χ2v) is 6.82. The lowest BCUT2D eigenvalue weighted by Gasteiger charge is -2.10. The number of halogens is 2. The van der Waals surface area contributed by atoms with E-state index in [-0.39, 0.29) is 0 Å². The number of aromatic nitrogens is 2. The molecule has 0 aliphatic heterocycles. The Morgan fingerprint density at radius 2 is 1.92 bits per heavy atom. The molecule has 0 saturated heterocycles. The van der Waals surface area contributed by atoms with E-state index >= 15 is 0 Å². The molecule has 3 aromatic rings.